The second-order valence-corrected chi connectivity index (χ2v) is 15.9. The third-order valence-electron chi connectivity index (χ3n) is 12.5. The Bertz CT molecular complexity index is 3110. The van der Waals surface area contributed by atoms with E-state index in [9.17, 15) is 0 Å². The van der Waals surface area contributed by atoms with Crippen LogP contribution >= 0.6 is 0 Å². The first-order valence-electron chi connectivity index (χ1n) is 20.6. The summed E-state index contributed by atoms with van der Waals surface area (Å²) in [6, 6.07) is 58.0. The van der Waals surface area contributed by atoms with Crippen molar-refractivity contribution < 1.29 is 4.42 Å². The fraction of sp³-hybridized carbons (Fsp3) is 0.111. The number of fused-ring (bicyclic) bond motifs is 10. The van der Waals surface area contributed by atoms with Gasteiger partial charge in [0.25, 0.3) is 0 Å². The van der Waals surface area contributed by atoms with E-state index >= 15 is 0 Å². The summed E-state index contributed by atoms with van der Waals surface area (Å²) in [5.74, 6) is 2.25. The largest absolute Gasteiger partial charge is 0.455 e. The lowest BCUT2D eigenvalue weighted by Gasteiger charge is -2.34. The third kappa shape index (κ3) is 5.60. The van der Waals surface area contributed by atoms with Gasteiger partial charge in [-0.3, -0.25) is 4.99 Å². The zero-order valence-corrected chi connectivity index (χ0v) is 32.3. The van der Waals surface area contributed by atoms with Crippen LogP contribution < -0.4 is 0 Å². The quantitative estimate of drug-likeness (QED) is 0.169. The molecular formula is C54H38N4O. The van der Waals surface area contributed by atoms with Crippen molar-refractivity contribution in [3.63, 3.8) is 0 Å². The second kappa shape index (κ2) is 13.7. The average molecular weight is 759 g/mol. The summed E-state index contributed by atoms with van der Waals surface area (Å²) in [4.78, 5) is 20.3. The van der Waals surface area contributed by atoms with Crippen LogP contribution in [0.5, 0.6) is 0 Å². The average Bonchev–Trinajstić information content (AvgIpc) is 3.84. The maximum atomic E-state index is 6.73. The van der Waals surface area contributed by atoms with E-state index in [1.807, 2.05) is 60.7 Å². The Morgan fingerprint density at radius 3 is 2.05 bits per heavy atom. The van der Waals surface area contributed by atoms with E-state index in [4.69, 9.17) is 24.4 Å². The van der Waals surface area contributed by atoms with Gasteiger partial charge >= 0.3 is 0 Å². The van der Waals surface area contributed by atoms with Crippen LogP contribution in [0.3, 0.4) is 0 Å². The number of hydrogen-bond donors (Lipinski definition) is 0. The van der Waals surface area contributed by atoms with Gasteiger partial charge in [0, 0.05) is 45.9 Å². The molecule has 0 amide bonds. The Labute approximate surface area is 342 Å². The molecule has 2 unspecified atom stereocenters. The Hall–Kier alpha value is -7.24. The monoisotopic (exact) mass is 758 g/mol. The molecule has 0 saturated carbocycles. The highest BCUT2D eigenvalue weighted by atomic mass is 16.3. The molecule has 2 atom stereocenters. The van der Waals surface area contributed by atoms with Crippen LogP contribution in [-0.4, -0.2) is 27.2 Å². The minimum Gasteiger partial charge on any atom is -0.455 e. The van der Waals surface area contributed by atoms with Gasteiger partial charge in [0.15, 0.2) is 17.5 Å². The zero-order chi connectivity index (χ0) is 38.9. The summed E-state index contributed by atoms with van der Waals surface area (Å²) in [5, 5.41) is 2.12. The molecule has 0 N–H and O–H groups in total. The van der Waals surface area contributed by atoms with E-state index in [2.05, 4.69) is 109 Å². The number of allylic oxidation sites excluding steroid dienone is 1. The van der Waals surface area contributed by atoms with Crippen LogP contribution in [0.2, 0.25) is 0 Å². The van der Waals surface area contributed by atoms with E-state index in [0.29, 0.717) is 23.4 Å². The molecule has 0 spiro atoms. The van der Waals surface area contributed by atoms with Crippen LogP contribution in [0.4, 0.5) is 0 Å². The summed E-state index contributed by atoms with van der Waals surface area (Å²) < 4.78 is 6.73. The molecule has 0 radical (unpaired) electrons. The summed E-state index contributed by atoms with van der Waals surface area (Å²) in [5.41, 5.74) is 17.9. The Balaban J connectivity index is 0.967. The first-order valence-corrected chi connectivity index (χ1v) is 20.6. The van der Waals surface area contributed by atoms with Crippen molar-refractivity contribution in [1.82, 2.24) is 15.0 Å². The van der Waals surface area contributed by atoms with Crippen molar-refractivity contribution >= 4 is 33.2 Å². The molecule has 2 aliphatic carbocycles. The smallest absolute Gasteiger partial charge is 0.167 e. The number of benzene rings is 7. The highest BCUT2D eigenvalue weighted by Gasteiger charge is 2.38. The topological polar surface area (TPSA) is 64.2 Å². The predicted octanol–water partition coefficient (Wildman–Crippen LogP) is 12.7. The van der Waals surface area contributed by atoms with Gasteiger partial charge in [0.05, 0.1) is 11.3 Å². The van der Waals surface area contributed by atoms with Crippen molar-refractivity contribution in [3.8, 4) is 45.3 Å². The predicted molar refractivity (Wildman–Crippen MR) is 239 cm³/mol. The highest BCUT2D eigenvalue weighted by molar-refractivity contribution is 6.29. The lowest BCUT2D eigenvalue weighted by Crippen LogP contribution is -2.26. The number of aliphatic imine (C=N–C) groups is 1. The normalized spacial score (nSPS) is 16.5. The van der Waals surface area contributed by atoms with Crippen LogP contribution in [-0.2, 0) is 12.8 Å². The van der Waals surface area contributed by atoms with Crippen LogP contribution in [0.15, 0.2) is 179 Å². The first-order chi connectivity index (χ1) is 29.2. The van der Waals surface area contributed by atoms with Crippen LogP contribution in [0.25, 0.3) is 72.8 Å². The number of para-hydroxylation sites is 1. The van der Waals surface area contributed by atoms with E-state index < -0.39 is 0 Å². The van der Waals surface area contributed by atoms with Crippen molar-refractivity contribution in [2.24, 2.45) is 4.99 Å². The molecular weight excluding hydrogens is 721 g/mol. The minimum atomic E-state index is 0.131. The number of rotatable bonds is 6. The molecule has 5 nitrogen and oxygen atoms in total. The van der Waals surface area contributed by atoms with Crippen molar-refractivity contribution in [3.05, 3.63) is 203 Å². The third-order valence-corrected chi connectivity index (χ3v) is 12.5. The second-order valence-electron chi connectivity index (χ2n) is 15.9. The Kier molecular flexibility index (Phi) is 7.87. The molecule has 3 aliphatic rings. The van der Waals surface area contributed by atoms with Gasteiger partial charge in [-0.2, -0.15) is 0 Å². The van der Waals surface area contributed by atoms with Crippen LogP contribution in [0.1, 0.15) is 51.6 Å². The number of nitrogens with zero attached hydrogens (tertiary/aromatic N) is 4. The summed E-state index contributed by atoms with van der Waals surface area (Å²) in [6.45, 7) is 0.815. The lowest BCUT2D eigenvalue weighted by atomic mass is 9.71. The Morgan fingerprint density at radius 2 is 1.27 bits per heavy atom. The zero-order valence-electron chi connectivity index (χ0n) is 32.3. The molecule has 0 fully saturated rings. The van der Waals surface area contributed by atoms with Crippen LogP contribution in [0, 0.1) is 0 Å². The molecule has 7 aromatic carbocycles. The SMILES string of the molecule is C1=C2C(=NCC1)C(c1ccc3oc4c(-c5nc(-c6ccccc6)nc(-c6ccccc6)n5)cccc4c3c1)Cc1ccc3c(c12)C(Cc1ccccc1)c1ccccc1-3. The van der Waals surface area contributed by atoms with Gasteiger partial charge in [-0.25, -0.2) is 15.0 Å². The highest BCUT2D eigenvalue weighted by Crippen LogP contribution is 2.53. The van der Waals surface area contributed by atoms with E-state index in [1.54, 1.807) is 0 Å². The minimum absolute atomic E-state index is 0.131. The first kappa shape index (κ1) is 33.9. The molecule has 59 heavy (non-hydrogen) atoms. The van der Waals surface area contributed by atoms with Gasteiger partial charge in [-0.15, -0.1) is 0 Å². The maximum absolute atomic E-state index is 6.73. The molecule has 0 saturated heterocycles. The maximum Gasteiger partial charge on any atom is 0.167 e. The van der Waals surface area contributed by atoms with Gasteiger partial charge in [-0.1, -0.05) is 152 Å². The fourth-order valence-corrected chi connectivity index (χ4v) is 9.86. The summed E-state index contributed by atoms with van der Waals surface area (Å²) in [7, 11) is 0. The Morgan fingerprint density at radius 1 is 0.576 bits per heavy atom. The molecule has 12 rings (SSSR count). The lowest BCUT2D eigenvalue weighted by molar-refractivity contribution is 0.669. The number of hydrogen-bond acceptors (Lipinski definition) is 5. The molecule has 0 bridgehead atoms. The molecule has 9 aromatic rings. The van der Waals surface area contributed by atoms with Gasteiger partial charge in [0.2, 0.25) is 0 Å². The number of furan rings is 1. The van der Waals surface area contributed by atoms with E-state index in [0.717, 1.165) is 64.4 Å². The number of aromatic nitrogens is 3. The number of dihydropyridines is 1. The van der Waals surface area contributed by atoms with Crippen molar-refractivity contribution in [2.45, 2.75) is 31.1 Å². The van der Waals surface area contributed by atoms with E-state index in [-0.39, 0.29) is 5.92 Å². The molecule has 280 valence electrons. The fourth-order valence-electron chi connectivity index (χ4n) is 9.86. The standard InChI is InChI=1S/C54H38N4O/c1-4-14-33(15-5-1)30-46-39-21-11-10-20-38(39)40-27-25-37-32-44(50-42(24-13-29-55-50)48(37)49(40)46)36-26-28-47-45(31-36)41-22-12-23-43(51(41)59-47)54-57-52(34-16-6-2-7-17-34)56-53(58-54)35-18-8-3-9-19-35/h1-12,14-28,31,44,46H,13,29-30,32H2. The summed E-state index contributed by atoms with van der Waals surface area (Å²) in [6.07, 6.45) is 5.29. The van der Waals surface area contributed by atoms with Gasteiger partial charge in [0.1, 0.15) is 11.2 Å². The van der Waals surface area contributed by atoms with E-state index in [1.165, 1.54) is 55.8 Å². The van der Waals surface area contributed by atoms with Gasteiger partial charge < -0.3 is 4.42 Å². The molecule has 1 aliphatic heterocycles. The molecule has 5 heteroatoms. The summed E-state index contributed by atoms with van der Waals surface area (Å²) >= 11 is 0. The molecule has 3 heterocycles. The van der Waals surface area contributed by atoms with Crippen molar-refractivity contribution in [2.75, 3.05) is 6.54 Å². The molecule has 2 aromatic heterocycles. The van der Waals surface area contributed by atoms with Gasteiger partial charge in [-0.05, 0) is 82.0 Å². The van der Waals surface area contributed by atoms with Crippen molar-refractivity contribution in [1.29, 1.82) is 0 Å².